The maximum absolute atomic E-state index is 12.2. The average molecular weight is 435 g/mol. The second kappa shape index (κ2) is 9.98. The minimum atomic E-state index is -3.58. The SMILES string of the molecule is CCNC(=NCCNS(=O)(=O)c1cccnc1)NC1CCc2nc(C(C)C)nn2C1. The predicted molar refractivity (Wildman–Crippen MR) is 115 cm³/mol. The van der Waals surface area contributed by atoms with Crippen molar-refractivity contribution in [3.05, 3.63) is 36.2 Å². The van der Waals surface area contributed by atoms with E-state index in [1.807, 2.05) is 11.6 Å². The summed E-state index contributed by atoms with van der Waals surface area (Å²) in [5.41, 5.74) is 0. The fourth-order valence-corrected chi connectivity index (χ4v) is 4.13. The Morgan fingerprint density at radius 2 is 2.23 bits per heavy atom. The monoisotopic (exact) mass is 434 g/mol. The molecule has 30 heavy (non-hydrogen) atoms. The first-order valence-corrected chi connectivity index (χ1v) is 11.8. The molecule has 0 aromatic carbocycles. The topological polar surface area (TPSA) is 126 Å². The van der Waals surface area contributed by atoms with Crippen molar-refractivity contribution >= 4 is 16.0 Å². The summed E-state index contributed by atoms with van der Waals surface area (Å²) in [5, 5.41) is 11.3. The lowest BCUT2D eigenvalue weighted by molar-refractivity contribution is 0.391. The number of nitrogens with zero attached hydrogens (tertiary/aromatic N) is 5. The fourth-order valence-electron chi connectivity index (χ4n) is 3.14. The Morgan fingerprint density at radius 3 is 2.93 bits per heavy atom. The molecule has 0 saturated heterocycles. The Labute approximate surface area is 177 Å². The Bertz CT molecular complexity index is 956. The Balaban J connectivity index is 1.54. The van der Waals surface area contributed by atoms with Crippen LogP contribution in [0, 0.1) is 0 Å². The van der Waals surface area contributed by atoms with Gasteiger partial charge in [0.25, 0.3) is 0 Å². The molecule has 0 radical (unpaired) electrons. The lowest BCUT2D eigenvalue weighted by Gasteiger charge is -2.25. The van der Waals surface area contributed by atoms with E-state index in [1.54, 1.807) is 6.07 Å². The van der Waals surface area contributed by atoms with Crippen molar-refractivity contribution in [1.29, 1.82) is 0 Å². The molecule has 0 saturated carbocycles. The third kappa shape index (κ3) is 5.76. The number of hydrogen-bond donors (Lipinski definition) is 3. The van der Waals surface area contributed by atoms with Crippen LogP contribution in [0.3, 0.4) is 0 Å². The molecule has 10 nitrogen and oxygen atoms in total. The van der Waals surface area contributed by atoms with Gasteiger partial charge in [0.05, 0.1) is 13.1 Å². The quantitative estimate of drug-likeness (QED) is 0.316. The highest BCUT2D eigenvalue weighted by atomic mass is 32.2. The van der Waals surface area contributed by atoms with Gasteiger partial charge >= 0.3 is 0 Å². The van der Waals surface area contributed by atoms with Crippen LogP contribution in [0.5, 0.6) is 0 Å². The van der Waals surface area contributed by atoms with E-state index < -0.39 is 10.0 Å². The summed E-state index contributed by atoms with van der Waals surface area (Å²) in [5.74, 6) is 2.88. The van der Waals surface area contributed by atoms with Gasteiger partial charge in [-0.2, -0.15) is 5.10 Å². The maximum atomic E-state index is 12.2. The zero-order chi connectivity index (χ0) is 21.6. The largest absolute Gasteiger partial charge is 0.357 e. The average Bonchev–Trinajstić information content (AvgIpc) is 3.16. The number of fused-ring (bicyclic) bond motifs is 1. The van der Waals surface area contributed by atoms with E-state index in [0.29, 0.717) is 25.0 Å². The van der Waals surface area contributed by atoms with E-state index >= 15 is 0 Å². The molecule has 0 amide bonds. The number of nitrogens with one attached hydrogen (secondary N) is 3. The minimum Gasteiger partial charge on any atom is -0.357 e. The molecule has 11 heteroatoms. The summed E-state index contributed by atoms with van der Waals surface area (Å²) >= 11 is 0. The number of aromatic nitrogens is 4. The molecule has 0 fully saturated rings. The van der Waals surface area contributed by atoms with Gasteiger partial charge in [-0.25, -0.2) is 22.8 Å². The molecule has 0 aliphatic carbocycles. The second-order valence-electron chi connectivity index (χ2n) is 7.45. The molecule has 3 heterocycles. The van der Waals surface area contributed by atoms with Crippen molar-refractivity contribution in [3.63, 3.8) is 0 Å². The third-order valence-electron chi connectivity index (χ3n) is 4.69. The van der Waals surface area contributed by atoms with Crippen molar-refractivity contribution in [2.24, 2.45) is 4.99 Å². The van der Waals surface area contributed by atoms with Crippen molar-refractivity contribution in [2.45, 2.75) is 57.0 Å². The molecule has 1 aliphatic heterocycles. The molecule has 1 atom stereocenters. The van der Waals surface area contributed by atoms with Crippen LogP contribution in [0.15, 0.2) is 34.4 Å². The zero-order valence-corrected chi connectivity index (χ0v) is 18.5. The smallest absolute Gasteiger partial charge is 0.242 e. The fraction of sp³-hybridized carbons (Fsp3) is 0.579. The van der Waals surface area contributed by atoms with Crippen LogP contribution in [0.2, 0.25) is 0 Å². The lowest BCUT2D eigenvalue weighted by atomic mass is 10.1. The van der Waals surface area contributed by atoms with Gasteiger partial charge in [-0.1, -0.05) is 13.8 Å². The van der Waals surface area contributed by atoms with E-state index in [-0.39, 0.29) is 17.5 Å². The van der Waals surface area contributed by atoms with E-state index in [4.69, 9.17) is 0 Å². The maximum Gasteiger partial charge on any atom is 0.242 e. The minimum absolute atomic E-state index is 0.144. The first kappa shape index (κ1) is 22.2. The van der Waals surface area contributed by atoms with E-state index in [9.17, 15) is 8.42 Å². The molecule has 0 spiro atoms. The zero-order valence-electron chi connectivity index (χ0n) is 17.7. The van der Waals surface area contributed by atoms with Gasteiger partial charge in [0.1, 0.15) is 10.7 Å². The Morgan fingerprint density at radius 1 is 1.40 bits per heavy atom. The Hall–Kier alpha value is -2.53. The summed E-state index contributed by atoms with van der Waals surface area (Å²) < 4.78 is 29.0. The number of aliphatic imine (C=N–C) groups is 1. The highest BCUT2D eigenvalue weighted by Crippen LogP contribution is 2.16. The van der Waals surface area contributed by atoms with Gasteiger partial charge in [-0.05, 0) is 25.5 Å². The summed E-state index contributed by atoms with van der Waals surface area (Å²) in [6.07, 6.45) is 4.66. The van der Waals surface area contributed by atoms with E-state index in [0.717, 1.165) is 31.0 Å². The van der Waals surface area contributed by atoms with Gasteiger partial charge < -0.3 is 10.6 Å². The van der Waals surface area contributed by atoms with Crippen LogP contribution in [0.1, 0.15) is 44.8 Å². The van der Waals surface area contributed by atoms with Crippen LogP contribution in [0.25, 0.3) is 0 Å². The highest BCUT2D eigenvalue weighted by molar-refractivity contribution is 7.89. The van der Waals surface area contributed by atoms with Crippen molar-refractivity contribution < 1.29 is 8.42 Å². The molecule has 164 valence electrons. The predicted octanol–water partition coefficient (Wildman–Crippen LogP) is 0.645. The number of aryl methyl sites for hydroxylation is 1. The molecule has 0 bridgehead atoms. The molecule has 2 aromatic heterocycles. The lowest BCUT2D eigenvalue weighted by Crippen LogP contribution is -2.47. The number of guanidine groups is 1. The highest BCUT2D eigenvalue weighted by Gasteiger charge is 2.23. The first-order chi connectivity index (χ1) is 14.4. The van der Waals surface area contributed by atoms with Gasteiger partial charge in [-0.3, -0.25) is 9.98 Å². The van der Waals surface area contributed by atoms with Crippen LogP contribution in [-0.2, 0) is 23.0 Å². The molecule has 3 N–H and O–H groups in total. The molecule has 1 aliphatic rings. The molecule has 3 rings (SSSR count). The summed E-state index contributed by atoms with van der Waals surface area (Å²) in [6.45, 7) is 8.13. The van der Waals surface area contributed by atoms with Crippen molar-refractivity contribution in [1.82, 2.24) is 35.1 Å². The summed E-state index contributed by atoms with van der Waals surface area (Å²) in [6, 6.07) is 3.29. The third-order valence-corrected chi connectivity index (χ3v) is 6.14. The number of pyridine rings is 1. The number of sulfonamides is 1. The van der Waals surface area contributed by atoms with Gasteiger partial charge in [0, 0.05) is 43.9 Å². The molecule has 1 unspecified atom stereocenters. The van der Waals surface area contributed by atoms with Gasteiger partial charge in [-0.15, -0.1) is 0 Å². The molecular weight excluding hydrogens is 404 g/mol. The van der Waals surface area contributed by atoms with Gasteiger partial charge in [0.15, 0.2) is 11.8 Å². The van der Waals surface area contributed by atoms with Crippen molar-refractivity contribution in [3.8, 4) is 0 Å². The van der Waals surface area contributed by atoms with Crippen molar-refractivity contribution in [2.75, 3.05) is 19.6 Å². The van der Waals surface area contributed by atoms with Crippen LogP contribution >= 0.6 is 0 Å². The Kier molecular flexibility index (Phi) is 7.38. The number of rotatable bonds is 8. The van der Waals surface area contributed by atoms with E-state index in [2.05, 4.69) is 49.3 Å². The molecule has 2 aromatic rings. The van der Waals surface area contributed by atoms with E-state index in [1.165, 1.54) is 18.5 Å². The number of hydrogen-bond acceptors (Lipinski definition) is 6. The normalized spacial score (nSPS) is 17.1. The summed E-state index contributed by atoms with van der Waals surface area (Å²) in [4.78, 5) is 13.1. The second-order valence-corrected chi connectivity index (χ2v) is 9.22. The van der Waals surface area contributed by atoms with Crippen LogP contribution in [0.4, 0.5) is 0 Å². The standard InChI is InChI=1S/C19H30N8O2S/c1-4-21-19(22-10-11-23-30(28,29)16-6-5-9-20-12-16)24-15-7-8-17-25-18(14(2)3)26-27(17)13-15/h5-6,9,12,14-15,23H,4,7-8,10-11,13H2,1-3H3,(H2,21,22,24). The van der Waals surface area contributed by atoms with Gasteiger partial charge in [0.2, 0.25) is 10.0 Å². The van der Waals surface area contributed by atoms with Crippen LogP contribution in [-0.4, -0.2) is 59.8 Å². The summed E-state index contributed by atoms with van der Waals surface area (Å²) in [7, 11) is -3.58. The van der Waals surface area contributed by atoms with Crippen LogP contribution < -0.4 is 15.4 Å². The molecular formula is C19H30N8O2S. The first-order valence-electron chi connectivity index (χ1n) is 10.3.